The third-order valence-electron chi connectivity index (χ3n) is 7.27. The molecule has 3 heterocycles. The lowest BCUT2D eigenvalue weighted by atomic mass is 10.1. The van der Waals surface area contributed by atoms with Gasteiger partial charge in [0.15, 0.2) is 0 Å². The van der Waals surface area contributed by atoms with Crippen LogP contribution >= 0.6 is 0 Å². The molecule has 4 aromatic rings. The maximum atomic E-state index is 13.9. The number of aryl methyl sites for hydroxylation is 1. The van der Waals surface area contributed by atoms with Crippen LogP contribution in [0, 0.1) is 12.7 Å². The van der Waals surface area contributed by atoms with Gasteiger partial charge in [-0.15, -0.1) is 0 Å². The number of hydrogen-bond acceptors (Lipinski definition) is 6. The van der Waals surface area contributed by atoms with E-state index in [4.69, 9.17) is 4.74 Å². The zero-order valence-electron chi connectivity index (χ0n) is 24.8. The number of anilines is 2. The number of H-pyrrole nitrogens is 1. The lowest BCUT2D eigenvalue weighted by molar-refractivity contribution is -0.134. The van der Waals surface area contributed by atoms with Gasteiger partial charge in [0.2, 0.25) is 5.91 Å². The van der Waals surface area contributed by atoms with Gasteiger partial charge in [0.25, 0.3) is 5.91 Å². The highest BCUT2D eigenvalue weighted by atomic mass is 19.1. The highest BCUT2D eigenvalue weighted by molar-refractivity contribution is 6.00. The zero-order valence-corrected chi connectivity index (χ0v) is 24.8. The molecule has 0 spiro atoms. The number of ether oxygens (including phenoxy) is 1. The van der Waals surface area contributed by atoms with Crippen molar-refractivity contribution in [3.8, 4) is 22.9 Å². The number of halogens is 1. The number of β-amino-alcohol motifs (C(OH)–C–C–N with tert-alkyl or cyclic N) is 1. The molecular formula is C33H35FN6O5. The standard InChI is InChI=1S/C33H35FN6O5/c1-21-6-11-27(34)28(16-21)39-33(44)38-23-7-9-25(10-8-23)45-26-12-14-35-30(18-26)29-17-22(19-37-29)32(43)36-13-2-5-31(42)40-15-3-4-24(41)20-40/h6-12,14,16-19,24,37,41H,2-5,13,15,20H2,1H3,(H,36,43)(H2,38,39,44). The number of benzene rings is 2. The molecule has 5 rings (SSSR count). The van der Waals surface area contributed by atoms with Crippen molar-refractivity contribution in [1.29, 1.82) is 0 Å². The van der Waals surface area contributed by atoms with Crippen LogP contribution in [0.25, 0.3) is 11.4 Å². The molecule has 5 N–H and O–H groups in total. The number of carbonyl (C=O) groups is 3. The molecular weight excluding hydrogens is 579 g/mol. The van der Waals surface area contributed by atoms with Gasteiger partial charge in [-0.3, -0.25) is 14.6 Å². The Kier molecular flexibility index (Phi) is 10.1. The number of amides is 4. The van der Waals surface area contributed by atoms with Crippen LogP contribution in [0.4, 0.5) is 20.6 Å². The van der Waals surface area contributed by atoms with Gasteiger partial charge in [0, 0.05) is 50.2 Å². The number of piperidine rings is 1. The van der Waals surface area contributed by atoms with Gasteiger partial charge in [0.05, 0.1) is 28.7 Å². The van der Waals surface area contributed by atoms with E-state index in [9.17, 15) is 23.9 Å². The summed E-state index contributed by atoms with van der Waals surface area (Å²) in [6.45, 7) is 3.20. The van der Waals surface area contributed by atoms with Crippen LogP contribution in [0.3, 0.4) is 0 Å². The summed E-state index contributed by atoms with van der Waals surface area (Å²) in [6.07, 6.45) is 5.07. The zero-order chi connectivity index (χ0) is 31.8. The van der Waals surface area contributed by atoms with Gasteiger partial charge >= 0.3 is 6.03 Å². The number of aliphatic hydroxyl groups is 1. The third kappa shape index (κ3) is 8.67. The largest absolute Gasteiger partial charge is 0.457 e. The van der Waals surface area contributed by atoms with Gasteiger partial charge in [-0.2, -0.15) is 0 Å². The summed E-state index contributed by atoms with van der Waals surface area (Å²) in [5, 5.41) is 17.8. The van der Waals surface area contributed by atoms with Gasteiger partial charge in [-0.05, 0) is 80.3 Å². The summed E-state index contributed by atoms with van der Waals surface area (Å²) in [7, 11) is 0. The van der Waals surface area contributed by atoms with Gasteiger partial charge in [0.1, 0.15) is 17.3 Å². The average molecular weight is 615 g/mol. The second kappa shape index (κ2) is 14.5. The number of aromatic amines is 1. The summed E-state index contributed by atoms with van der Waals surface area (Å²) in [5.41, 5.74) is 3.03. The summed E-state index contributed by atoms with van der Waals surface area (Å²) in [6, 6.07) is 15.7. The molecule has 45 heavy (non-hydrogen) atoms. The van der Waals surface area contributed by atoms with E-state index < -0.39 is 18.0 Å². The number of nitrogens with one attached hydrogen (secondary N) is 4. The van der Waals surface area contributed by atoms with Crippen molar-refractivity contribution in [2.24, 2.45) is 0 Å². The van der Waals surface area contributed by atoms with Crippen molar-refractivity contribution in [3.63, 3.8) is 0 Å². The lowest BCUT2D eigenvalue weighted by Crippen LogP contribution is -2.42. The lowest BCUT2D eigenvalue weighted by Gasteiger charge is -2.30. The highest BCUT2D eigenvalue weighted by Crippen LogP contribution is 2.27. The Morgan fingerprint density at radius 2 is 1.89 bits per heavy atom. The summed E-state index contributed by atoms with van der Waals surface area (Å²) >= 11 is 0. The summed E-state index contributed by atoms with van der Waals surface area (Å²) in [5.74, 6) is 0.235. The molecule has 0 aliphatic carbocycles. The van der Waals surface area contributed by atoms with Gasteiger partial charge in [-0.25, -0.2) is 9.18 Å². The first-order chi connectivity index (χ1) is 21.7. The van der Waals surface area contributed by atoms with E-state index in [1.165, 1.54) is 6.07 Å². The van der Waals surface area contributed by atoms with Crippen LogP contribution in [-0.2, 0) is 4.79 Å². The number of likely N-dealkylation sites (tertiary alicyclic amines) is 1. The number of aromatic nitrogens is 2. The van der Waals surface area contributed by atoms with Crippen molar-refractivity contribution in [1.82, 2.24) is 20.2 Å². The molecule has 1 saturated heterocycles. The Hall–Kier alpha value is -5.23. The molecule has 1 unspecified atom stereocenters. The SMILES string of the molecule is Cc1ccc(F)c(NC(=O)Nc2ccc(Oc3ccnc(-c4cc(C(=O)NCCCC(=O)N5CCCC(O)C5)c[nH]4)c3)cc2)c1. The summed E-state index contributed by atoms with van der Waals surface area (Å²) in [4.78, 5) is 46.4. The molecule has 2 aromatic heterocycles. The number of aliphatic hydroxyl groups excluding tert-OH is 1. The number of carbonyl (C=O) groups excluding carboxylic acids is 3. The minimum absolute atomic E-state index is 0.00757. The fourth-order valence-corrected chi connectivity index (χ4v) is 4.94. The molecule has 0 radical (unpaired) electrons. The Morgan fingerprint density at radius 1 is 1.07 bits per heavy atom. The van der Waals surface area contributed by atoms with Gasteiger partial charge < -0.3 is 35.7 Å². The van der Waals surface area contributed by atoms with Crippen LogP contribution in [0.2, 0.25) is 0 Å². The van der Waals surface area contributed by atoms with E-state index >= 15 is 0 Å². The number of urea groups is 1. The smallest absolute Gasteiger partial charge is 0.323 e. The Labute approximate surface area is 259 Å². The van der Waals surface area contributed by atoms with E-state index in [-0.39, 0.29) is 17.5 Å². The minimum atomic E-state index is -0.574. The first kappa shape index (κ1) is 31.2. The van der Waals surface area contributed by atoms with Gasteiger partial charge in [-0.1, -0.05) is 6.07 Å². The summed E-state index contributed by atoms with van der Waals surface area (Å²) < 4.78 is 19.9. The Morgan fingerprint density at radius 3 is 2.69 bits per heavy atom. The van der Waals surface area contributed by atoms with Crippen molar-refractivity contribution >= 4 is 29.2 Å². The molecule has 2 aromatic carbocycles. The van der Waals surface area contributed by atoms with Crippen LogP contribution in [-0.4, -0.2) is 63.6 Å². The number of pyridine rings is 1. The van der Waals surface area contributed by atoms with Crippen molar-refractivity contribution < 1.29 is 28.6 Å². The third-order valence-corrected chi connectivity index (χ3v) is 7.27. The normalized spacial score (nSPS) is 14.5. The Balaban J connectivity index is 1.10. The maximum Gasteiger partial charge on any atom is 0.323 e. The molecule has 1 aliphatic heterocycles. The molecule has 11 nitrogen and oxygen atoms in total. The van der Waals surface area contributed by atoms with E-state index in [2.05, 4.69) is 25.9 Å². The quantitative estimate of drug-likeness (QED) is 0.150. The average Bonchev–Trinajstić information content (AvgIpc) is 3.53. The maximum absolute atomic E-state index is 13.9. The molecule has 4 amide bonds. The Bertz CT molecular complexity index is 1660. The molecule has 12 heteroatoms. The second-order valence-corrected chi connectivity index (χ2v) is 10.9. The fourth-order valence-electron chi connectivity index (χ4n) is 4.94. The van der Waals surface area contributed by atoms with Crippen LogP contribution in [0.1, 0.15) is 41.6 Å². The molecule has 0 saturated carbocycles. The molecule has 1 aliphatic rings. The van der Waals surface area contributed by atoms with E-state index in [1.807, 2.05) is 6.92 Å². The number of hydrogen-bond donors (Lipinski definition) is 5. The second-order valence-electron chi connectivity index (χ2n) is 10.9. The molecule has 1 atom stereocenters. The van der Waals surface area contributed by atoms with E-state index in [0.29, 0.717) is 66.6 Å². The number of nitrogens with zero attached hydrogens (tertiary/aromatic N) is 2. The highest BCUT2D eigenvalue weighted by Gasteiger charge is 2.21. The number of rotatable bonds is 10. The minimum Gasteiger partial charge on any atom is -0.457 e. The first-order valence-electron chi connectivity index (χ1n) is 14.7. The molecule has 0 bridgehead atoms. The first-order valence-corrected chi connectivity index (χ1v) is 14.7. The van der Waals surface area contributed by atoms with Crippen LogP contribution in [0.5, 0.6) is 11.5 Å². The predicted octanol–water partition coefficient (Wildman–Crippen LogP) is 5.45. The van der Waals surface area contributed by atoms with E-state index in [0.717, 1.165) is 18.4 Å². The monoisotopic (exact) mass is 614 g/mol. The molecule has 1 fully saturated rings. The predicted molar refractivity (Wildman–Crippen MR) is 168 cm³/mol. The van der Waals surface area contributed by atoms with Crippen molar-refractivity contribution in [2.75, 3.05) is 30.3 Å². The van der Waals surface area contributed by atoms with Crippen LogP contribution in [0.15, 0.2) is 73.1 Å². The van der Waals surface area contributed by atoms with Crippen molar-refractivity contribution in [3.05, 3.63) is 90.0 Å². The topological polar surface area (TPSA) is 149 Å². The fraction of sp³-hybridized carbons (Fsp3) is 0.273. The molecule has 234 valence electrons. The van der Waals surface area contributed by atoms with Crippen molar-refractivity contribution in [2.45, 2.75) is 38.7 Å². The van der Waals surface area contributed by atoms with Crippen LogP contribution < -0.4 is 20.7 Å². The van der Waals surface area contributed by atoms with E-state index in [1.54, 1.807) is 71.9 Å².